The van der Waals surface area contributed by atoms with Crippen molar-refractivity contribution in [1.82, 2.24) is 0 Å². The number of nitrogens with two attached hydrogens (primary N) is 1. The summed E-state index contributed by atoms with van der Waals surface area (Å²) in [5, 5.41) is 10.2. The quantitative estimate of drug-likeness (QED) is 0.720. The van der Waals surface area contributed by atoms with E-state index >= 15 is 0 Å². The molecule has 14 heavy (non-hydrogen) atoms. The molecule has 1 fully saturated rings. The minimum Gasteiger partial charge on any atom is -0.392 e. The molecule has 3 N–H and O–H groups in total. The molecule has 0 aliphatic carbocycles. The molecule has 0 spiro atoms. The Hall–Kier alpha value is -0.120. The highest BCUT2D eigenvalue weighted by atomic mass is 16.5. The molecule has 1 aliphatic rings. The summed E-state index contributed by atoms with van der Waals surface area (Å²) in [4.78, 5) is 0. The summed E-state index contributed by atoms with van der Waals surface area (Å²) < 4.78 is 5.35. The van der Waals surface area contributed by atoms with E-state index in [4.69, 9.17) is 10.5 Å². The van der Waals surface area contributed by atoms with Crippen molar-refractivity contribution >= 4 is 0 Å². The van der Waals surface area contributed by atoms with Crippen LogP contribution < -0.4 is 5.73 Å². The number of hydrogen-bond donors (Lipinski definition) is 2. The third-order valence-corrected chi connectivity index (χ3v) is 3.05. The molecule has 0 bridgehead atoms. The number of rotatable bonds is 3. The van der Waals surface area contributed by atoms with Crippen LogP contribution >= 0.6 is 0 Å². The van der Waals surface area contributed by atoms with Gasteiger partial charge in [-0.15, -0.1) is 0 Å². The van der Waals surface area contributed by atoms with E-state index < -0.39 is 0 Å². The van der Waals surface area contributed by atoms with Gasteiger partial charge >= 0.3 is 0 Å². The fourth-order valence-corrected chi connectivity index (χ4v) is 1.98. The Morgan fingerprint density at radius 1 is 1.50 bits per heavy atom. The van der Waals surface area contributed by atoms with Gasteiger partial charge < -0.3 is 15.6 Å². The minimum atomic E-state index is -0.338. The van der Waals surface area contributed by atoms with Gasteiger partial charge in [-0.3, -0.25) is 0 Å². The first kappa shape index (κ1) is 12.0. The highest BCUT2D eigenvalue weighted by Gasteiger charge is 2.41. The van der Waals surface area contributed by atoms with Gasteiger partial charge in [0.25, 0.3) is 0 Å². The standard InChI is InChI=1S/C11H23NO2/c1-10(2,3)6-9(13)11(7-12)4-5-14-8-11/h9,13H,4-8,12H2,1-3H3. The summed E-state index contributed by atoms with van der Waals surface area (Å²) in [6.07, 6.45) is 1.34. The van der Waals surface area contributed by atoms with Crippen molar-refractivity contribution < 1.29 is 9.84 Å². The molecule has 1 rings (SSSR count). The molecule has 1 heterocycles. The topological polar surface area (TPSA) is 55.5 Å². The highest BCUT2D eigenvalue weighted by Crippen LogP contribution is 2.36. The molecule has 84 valence electrons. The third-order valence-electron chi connectivity index (χ3n) is 3.05. The number of aliphatic hydroxyl groups is 1. The first-order chi connectivity index (χ1) is 6.40. The summed E-state index contributed by atoms with van der Waals surface area (Å²) in [6, 6.07) is 0. The molecule has 0 saturated carbocycles. The summed E-state index contributed by atoms with van der Waals surface area (Å²) in [6.45, 7) is 8.27. The maximum absolute atomic E-state index is 10.2. The summed E-state index contributed by atoms with van der Waals surface area (Å²) >= 11 is 0. The SMILES string of the molecule is CC(C)(C)CC(O)C1(CN)CCOC1. The molecular formula is C11H23NO2. The molecular weight excluding hydrogens is 178 g/mol. The molecule has 0 aromatic carbocycles. The Morgan fingerprint density at radius 2 is 2.14 bits per heavy atom. The van der Waals surface area contributed by atoms with Gasteiger partial charge in [-0.2, -0.15) is 0 Å². The number of aliphatic hydroxyl groups excluding tert-OH is 1. The van der Waals surface area contributed by atoms with Gasteiger partial charge in [0.05, 0.1) is 12.7 Å². The van der Waals surface area contributed by atoms with Crippen molar-refractivity contribution in [2.75, 3.05) is 19.8 Å². The van der Waals surface area contributed by atoms with E-state index in [0.29, 0.717) is 13.2 Å². The Kier molecular flexibility index (Phi) is 3.56. The monoisotopic (exact) mass is 201 g/mol. The van der Waals surface area contributed by atoms with Crippen molar-refractivity contribution in [3.63, 3.8) is 0 Å². The second kappa shape index (κ2) is 4.17. The Balaban J connectivity index is 2.60. The van der Waals surface area contributed by atoms with Crippen LogP contribution in [0.5, 0.6) is 0 Å². The van der Waals surface area contributed by atoms with Crippen molar-refractivity contribution in [2.24, 2.45) is 16.6 Å². The second-order valence-corrected chi connectivity index (χ2v) is 5.65. The summed E-state index contributed by atoms with van der Waals surface area (Å²) in [7, 11) is 0. The fraction of sp³-hybridized carbons (Fsp3) is 1.00. The van der Waals surface area contributed by atoms with Gasteiger partial charge in [0.15, 0.2) is 0 Å². The Labute approximate surface area is 86.6 Å². The minimum absolute atomic E-state index is 0.143. The van der Waals surface area contributed by atoms with E-state index in [1.165, 1.54) is 0 Å². The summed E-state index contributed by atoms with van der Waals surface area (Å²) in [5.74, 6) is 0. The van der Waals surface area contributed by atoms with Gasteiger partial charge in [-0.1, -0.05) is 20.8 Å². The van der Waals surface area contributed by atoms with E-state index in [1.54, 1.807) is 0 Å². The van der Waals surface area contributed by atoms with Crippen LogP contribution in [0.3, 0.4) is 0 Å². The van der Waals surface area contributed by atoms with Crippen LogP contribution in [0.1, 0.15) is 33.6 Å². The van der Waals surface area contributed by atoms with E-state index in [9.17, 15) is 5.11 Å². The van der Waals surface area contributed by atoms with Crippen LogP contribution in [-0.4, -0.2) is 31.0 Å². The third kappa shape index (κ3) is 2.69. The van der Waals surface area contributed by atoms with Gasteiger partial charge in [-0.25, -0.2) is 0 Å². The molecule has 3 heteroatoms. The average molecular weight is 201 g/mol. The molecule has 0 aromatic heterocycles. The molecule has 0 amide bonds. The molecule has 2 atom stereocenters. The van der Waals surface area contributed by atoms with E-state index in [-0.39, 0.29) is 16.9 Å². The van der Waals surface area contributed by atoms with E-state index in [2.05, 4.69) is 20.8 Å². The van der Waals surface area contributed by atoms with Crippen molar-refractivity contribution in [2.45, 2.75) is 39.7 Å². The maximum Gasteiger partial charge on any atom is 0.0636 e. The number of hydrogen-bond acceptors (Lipinski definition) is 3. The smallest absolute Gasteiger partial charge is 0.0636 e. The highest BCUT2D eigenvalue weighted by molar-refractivity contribution is 4.92. The predicted molar refractivity (Wildman–Crippen MR) is 57.0 cm³/mol. The van der Waals surface area contributed by atoms with E-state index in [0.717, 1.165) is 19.4 Å². The van der Waals surface area contributed by atoms with Crippen LogP contribution in [-0.2, 0) is 4.74 Å². The van der Waals surface area contributed by atoms with Crippen molar-refractivity contribution in [3.8, 4) is 0 Å². The van der Waals surface area contributed by atoms with E-state index in [1.807, 2.05) is 0 Å². The normalized spacial score (nSPS) is 30.6. The van der Waals surface area contributed by atoms with Crippen LogP contribution in [0.25, 0.3) is 0 Å². The lowest BCUT2D eigenvalue weighted by atomic mass is 9.74. The molecule has 0 radical (unpaired) electrons. The zero-order chi connectivity index (χ0) is 10.8. The van der Waals surface area contributed by atoms with Crippen molar-refractivity contribution in [3.05, 3.63) is 0 Å². The van der Waals surface area contributed by atoms with Gasteiger partial charge in [0, 0.05) is 18.6 Å². The maximum atomic E-state index is 10.2. The second-order valence-electron chi connectivity index (χ2n) is 5.65. The number of ether oxygens (including phenoxy) is 1. The zero-order valence-corrected chi connectivity index (χ0v) is 9.55. The van der Waals surface area contributed by atoms with Crippen molar-refractivity contribution in [1.29, 1.82) is 0 Å². The lowest BCUT2D eigenvalue weighted by Gasteiger charge is -2.35. The molecule has 1 saturated heterocycles. The first-order valence-electron chi connectivity index (χ1n) is 5.35. The fourth-order valence-electron chi connectivity index (χ4n) is 1.98. The first-order valence-corrected chi connectivity index (χ1v) is 5.35. The van der Waals surface area contributed by atoms with Crippen LogP contribution in [0.4, 0.5) is 0 Å². The Bertz CT molecular complexity index is 180. The molecule has 1 aliphatic heterocycles. The van der Waals surface area contributed by atoms with Gasteiger partial charge in [0.1, 0.15) is 0 Å². The Morgan fingerprint density at radius 3 is 2.50 bits per heavy atom. The summed E-state index contributed by atoms with van der Waals surface area (Å²) in [5.41, 5.74) is 5.70. The van der Waals surface area contributed by atoms with Gasteiger partial charge in [-0.05, 0) is 18.3 Å². The lowest BCUT2D eigenvalue weighted by molar-refractivity contribution is -0.00501. The zero-order valence-electron chi connectivity index (χ0n) is 9.55. The van der Waals surface area contributed by atoms with Crippen LogP contribution in [0, 0.1) is 10.8 Å². The largest absolute Gasteiger partial charge is 0.392 e. The van der Waals surface area contributed by atoms with Crippen LogP contribution in [0.15, 0.2) is 0 Å². The predicted octanol–water partition coefficient (Wildman–Crippen LogP) is 1.15. The molecule has 2 unspecified atom stereocenters. The van der Waals surface area contributed by atoms with Crippen LogP contribution in [0.2, 0.25) is 0 Å². The average Bonchev–Trinajstić information content (AvgIpc) is 2.49. The molecule has 3 nitrogen and oxygen atoms in total. The van der Waals surface area contributed by atoms with Gasteiger partial charge in [0.2, 0.25) is 0 Å². The lowest BCUT2D eigenvalue weighted by Crippen LogP contribution is -2.44. The molecule has 0 aromatic rings.